The van der Waals surface area contributed by atoms with Crippen molar-refractivity contribution in [3.8, 4) is 0 Å². The van der Waals surface area contributed by atoms with Crippen LogP contribution in [-0.4, -0.2) is 21.5 Å². The molecule has 2 rings (SSSR count). The van der Waals surface area contributed by atoms with Gasteiger partial charge in [-0.05, 0) is 12.6 Å². The standard InChI is InChI=1S/C12H14ClN5/c1-2-16-11(10-7-15-3-4-17-10)9-5-8(13)6-18-12(9)14/h3-7,11,16H,2H2,1H3,(H2,14,18). The first-order valence-corrected chi connectivity index (χ1v) is 6.00. The number of anilines is 1. The predicted molar refractivity (Wildman–Crippen MR) is 71.2 cm³/mol. The minimum Gasteiger partial charge on any atom is -0.383 e. The molecule has 0 aliphatic rings. The normalized spacial score (nSPS) is 12.3. The van der Waals surface area contributed by atoms with E-state index >= 15 is 0 Å². The van der Waals surface area contributed by atoms with E-state index < -0.39 is 0 Å². The Hall–Kier alpha value is -1.72. The second-order valence-corrected chi connectivity index (χ2v) is 4.19. The van der Waals surface area contributed by atoms with Gasteiger partial charge in [-0.15, -0.1) is 0 Å². The van der Waals surface area contributed by atoms with E-state index in [2.05, 4.69) is 20.3 Å². The molecule has 0 aliphatic heterocycles. The summed E-state index contributed by atoms with van der Waals surface area (Å²) in [7, 11) is 0. The lowest BCUT2D eigenvalue weighted by Gasteiger charge is -2.18. The third kappa shape index (κ3) is 2.75. The molecule has 2 aromatic heterocycles. The first-order valence-electron chi connectivity index (χ1n) is 5.62. The fourth-order valence-electron chi connectivity index (χ4n) is 1.73. The molecule has 1 atom stereocenters. The largest absolute Gasteiger partial charge is 0.383 e. The van der Waals surface area contributed by atoms with Gasteiger partial charge < -0.3 is 11.1 Å². The van der Waals surface area contributed by atoms with E-state index in [4.69, 9.17) is 17.3 Å². The third-order valence-electron chi connectivity index (χ3n) is 2.51. The second-order valence-electron chi connectivity index (χ2n) is 3.75. The van der Waals surface area contributed by atoms with Crippen molar-refractivity contribution in [2.45, 2.75) is 13.0 Å². The molecule has 0 saturated heterocycles. The van der Waals surface area contributed by atoms with E-state index in [1.807, 2.05) is 6.92 Å². The number of nitrogens with one attached hydrogen (secondary N) is 1. The molecule has 18 heavy (non-hydrogen) atoms. The Morgan fingerprint density at radius 2 is 2.17 bits per heavy atom. The van der Waals surface area contributed by atoms with Crippen molar-refractivity contribution in [3.63, 3.8) is 0 Å². The zero-order valence-electron chi connectivity index (χ0n) is 9.97. The summed E-state index contributed by atoms with van der Waals surface area (Å²) in [5, 5.41) is 3.85. The van der Waals surface area contributed by atoms with Gasteiger partial charge in [0.25, 0.3) is 0 Å². The maximum Gasteiger partial charge on any atom is 0.128 e. The highest BCUT2D eigenvalue weighted by molar-refractivity contribution is 6.30. The van der Waals surface area contributed by atoms with Crippen LogP contribution in [0.4, 0.5) is 5.82 Å². The van der Waals surface area contributed by atoms with Crippen LogP contribution in [0.25, 0.3) is 0 Å². The van der Waals surface area contributed by atoms with Gasteiger partial charge in [0.1, 0.15) is 5.82 Å². The van der Waals surface area contributed by atoms with Crippen LogP contribution < -0.4 is 11.1 Å². The van der Waals surface area contributed by atoms with Crippen LogP contribution in [0.15, 0.2) is 30.9 Å². The van der Waals surface area contributed by atoms with Crippen molar-refractivity contribution in [3.05, 3.63) is 47.1 Å². The number of rotatable bonds is 4. The molecule has 94 valence electrons. The van der Waals surface area contributed by atoms with Gasteiger partial charge in [-0.1, -0.05) is 18.5 Å². The van der Waals surface area contributed by atoms with Crippen molar-refractivity contribution >= 4 is 17.4 Å². The molecule has 0 radical (unpaired) electrons. The van der Waals surface area contributed by atoms with Gasteiger partial charge in [-0.25, -0.2) is 4.98 Å². The fourth-order valence-corrected chi connectivity index (χ4v) is 1.90. The molecule has 1 unspecified atom stereocenters. The van der Waals surface area contributed by atoms with Crippen LogP contribution in [0.2, 0.25) is 5.02 Å². The number of hydrogen-bond acceptors (Lipinski definition) is 5. The molecule has 0 fully saturated rings. The number of halogens is 1. The van der Waals surface area contributed by atoms with Crippen molar-refractivity contribution in [2.24, 2.45) is 0 Å². The Morgan fingerprint density at radius 3 is 2.83 bits per heavy atom. The molecule has 5 nitrogen and oxygen atoms in total. The quantitative estimate of drug-likeness (QED) is 0.880. The summed E-state index contributed by atoms with van der Waals surface area (Å²) in [5.74, 6) is 0.441. The maximum atomic E-state index is 5.97. The molecule has 0 bridgehead atoms. The first-order chi connectivity index (χ1) is 8.72. The van der Waals surface area contributed by atoms with Crippen LogP contribution in [-0.2, 0) is 0 Å². The average molecular weight is 264 g/mol. The Balaban J connectivity index is 2.44. The number of pyridine rings is 1. The van der Waals surface area contributed by atoms with Crippen molar-refractivity contribution in [1.82, 2.24) is 20.3 Å². The molecule has 0 aromatic carbocycles. The summed E-state index contributed by atoms with van der Waals surface area (Å²) >= 11 is 5.97. The molecular formula is C12H14ClN5. The van der Waals surface area contributed by atoms with Gasteiger partial charge in [0.15, 0.2) is 0 Å². The highest BCUT2D eigenvalue weighted by Crippen LogP contribution is 2.26. The van der Waals surface area contributed by atoms with Crippen LogP contribution in [0, 0.1) is 0 Å². The second kappa shape index (κ2) is 5.75. The van der Waals surface area contributed by atoms with E-state index in [1.54, 1.807) is 24.7 Å². The van der Waals surface area contributed by atoms with E-state index in [0.29, 0.717) is 10.8 Å². The number of hydrogen-bond donors (Lipinski definition) is 2. The van der Waals surface area contributed by atoms with E-state index in [0.717, 1.165) is 17.8 Å². The molecule has 0 saturated carbocycles. The number of aromatic nitrogens is 3. The van der Waals surface area contributed by atoms with Gasteiger partial charge in [-0.3, -0.25) is 9.97 Å². The van der Waals surface area contributed by atoms with Crippen molar-refractivity contribution in [1.29, 1.82) is 0 Å². The smallest absolute Gasteiger partial charge is 0.128 e. The van der Waals surface area contributed by atoms with E-state index in [-0.39, 0.29) is 6.04 Å². The first kappa shape index (κ1) is 12.7. The molecule has 0 aliphatic carbocycles. The lowest BCUT2D eigenvalue weighted by atomic mass is 10.0. The Morgan fingerprint density at radius 1 is 1.33 bits per heavy atom. The number of nitrogens with two attached hydrogens (primary N) is 1. The third-order valence-corrected chi connectivity index (χ3v) is 2.72. The summed E-state index contributed by atoms with van der Waals surface area (Å²) in [5.41, 5.74) is 7.50. The van der Waals surface area contributed by atoms with Crippen LogP contribution in [0.1, 0.15) is 24.2 Å². The minimum atomic E-state index is -0.158. The zero-order chi connectivity index (χ0) is 13.0. The van der Waals surface area contributed by atoms with Crippen LogP contribution >= 0.6 is 11.6 Å². The molecular weight excluding hydrogens is 250 g/mol. The highest BCUT2D eigenvalue weighted by atomic mass is 35.5. The van der Waals surface area contributed by atoms with E-state index in [9.17, 15) is 0 Å². The van der Waals surface area contributed by atoms with Crippen molar-refractivity contribution < 1.29 is 0 Å². The number of nitrogens with zero attached hydrogens (tertiary/aromatic N) is 3. The van der Waals surface area contributed by atoms with Gasteiger partial charge in [-0.2, -0.15) is 0 Å². The molecule has 2 aromatic rings. The zero-order valence-corrected chi connectivity index (χ0v) is 10.7. The lowest BCUT2D eigenvalue weighted by Crippen LogP contribution is -2.24. The average Bonchev–Trinajstić information content (AvgIpc) is 2.40. The molecule has 0 amide bonds. The van der Waals surface area contributed by atoms with E-state index in [1.165, 1.54) is 6.20 Å². The highest BCUT2D eigenvalue weighted by Gasteiger charge is 2.18. The lowest BCUT2D eigenvalue weighted by molar-refractivity contribution is 0.613. The Labute approximate surface area is 110 Å². The number of nitrogen functional groups attached to an aromatic ring is 1. The predicted octanol–water partition coefficient (Wildman–Crippen LogP) is 1.81. The molecule has 2 heterocycles. The van der Waals surface area contributed by atoms with Gasteiger partial charge in [0, 0.05) is 24.2 Å². The molecule has 3 N–H and O–H groups in total. The summed E-state index contributed by atoms with van der Waals surface area (Å²) < 4.78 is 0. The topological polar surface area (TPSA) is 76.7 Å². The van der Waals surface area contributed by atoms with Crippen LogP contribution in [0.5, 0.6) is 0 Å². The SMILES string of the molecule is CCNC(c1cnccn1)c1cc(Cl)cnc1N. The van der Waals surface area contributed by atoms with Crippen LogP contribution in [0.3, 0.4) is 0 Å². The Kier molecular flexibility index (Phi) is 4.07. The van der Waals surface area contributed by atoms with Crippen molar-refractivity contribution in [2.75, 3.05) is 12.3 Å². The summed E-state index contributed by atoms with van der Waals surface area (Å²) in [4.78, 5) is 12.4. The molecule has 0 spiro atoms. The Bertz CT molecular complexity index is 517. The van der Waals surface area contributed by atoms with Gasteiger partial charge >= 0.3 is 0 Å². The monoisotopic (exact) mass is 263 g/mol. The van der Waals surface area contributed by atoms with Gasteiger partial charge in [0.05, 0.1) is 23.0 Å². The summed E-state index contributed by atoms with van der Waals surface area (Å²) in [6, 6.07) is 1.64. The molecule has 6 heteroatoms. The summed E-state index contributed by atoms with van der Waals surface area (Å²) in [6.07, 6.45) is 6.51. The minimum absolute atomic E-state index is 0.158. The fraction of sp³-hybridized carbons (Fsp3) is 0.250. The summed E-state index contributed by atoms with van der Waals surface area (Å²) in [6.45, 7) is 2.78. The van der Waals surface area contributed by atoms with Gasteiger partial charge in [0.2, 0.25) is 0 Å². The maximum absolute atomic E-state index is 5.97.